The van der Waals surface area contributed by atoms with Crippen molar-refractivity contribution in [3.05, 3.63) is 51.2 Å². The van der Waals surface area contributed by atoms with Crippen LogP contribution in [0.5, 0.6) is 0 Å². The zero-order valence-electron chi connectivity index (χ0n) is 15.5. The number of nitrogens with zero attached hydrogens (tertiary/aromatic N) is 2. The van der Waals surface area contributed by atoms with Gasteiger partial charge < -0.3 is 15.0 Å². The van der Waals surface area contributed by atoms with E-state index in [1.165, 1.54) is 26.8 Å². The predicted octanol–water partition coefficient (Wildman–Crippen LogP) is 4.59. The second kappa shape index (κ2) is 7.42. The lowest BCUT2D eigenvalue weighted by Crippen LogP contribution is -2.26. The van der Waals surface area contributed by atoms with Gasteiger partial charge in [0, 0.05) is 28.4 Å². The summed E-state index contributed by atoms with van der Waals surface area (Å²) >= 11 is 3.18. The molecular weight excluding hydrogens is 378 g/mol. The fraction of sp³-hybridized carbons (Fsp3) is 0.300. The molecule has 0 fully saturated rings. The van der Waals surface area contributed by atoms with Crippen LogP contribution in [0, 0.1) is 13.8 Å². The van der Waals surface area contributed by atoms with Crippen LogP contribution in [0.4, 0.5) is 10.1 Å². The molecular formula is C20H21N3O2S2. The molecule has 140 valence electrons. The summed E-state index contributed by atoms with van der Waals surface area (Å²) in [5, 5.41) is 6.75. The second-order valence-corrected chi connectivity index (χ2v) is 8.79. The fourth-order valence-corrected chi connectivity index (χ4v) is 5.01. The Labute approximate surface area is 166 Å². The van der Waals surface area contributed by atoms with E-state index < -0.39 is 0 Å². The number of hydrogen-bond acceptors (Lipinski definition) is 6. The number of rotatable bonds is 4. The van der Waals surface area contributed by atoms with Crippen LogP contribution in [0.1, 0.15) is 21.6 Å². The van der Waals surface area contributed by atoms with E-state index >= 15 is 0 Å². The molecule has 1 N–H and O–H groups in total. The quantitative estimate of drug-likeness (QED) is 0.697. The first-order chi connectivity index (χ1) is 13.0. The summed E-state index contributed by atoms with van der Waals surface area (Å²) in [6, 6.07) is 8.23. The summed E-state index contributed by atoms with van der Waals surface area (Å²) in [7, 11) is 2.01. The van der Waals surface area contributed by atoms with Crippen LogP contribution in [-0.4, -0.2) is 24.7 Å². The van der Waals surface area contributed by atoms with Gasteiger partial charge >= 0.3 is 0 Å². The summed E-state index contributed by atoms with van der Waals surface area (Å²) in [5.74, 6) is -0.0447. The lowest BCUT2D eigenvalue weighted by molar-refractivity contribution is -0.115. The number of thiazole rings is 1. The van der Waals surface area contributed by atoms with Crippen molar-refractivity contribution in [2.24, 2.45) is 0 Å². The van der Waals surface area contributed by atoms with Gasteiger partial charge in [0.1, 0.15) is 6.73 Å². The van der Waals surface area contributed by atoms with Crippen LogP contribution in [0.25, 0.3) is 11.3 Å². The van der Waals surface area contributed by atoms with Gasteiger partial charge in [0.2, 0.25) is 5.91 Å². The molecule has 0 saturated heterocycles. The maximum absolute atomic E-state index is 12.6. The van der Waals surface area contributed by atoms with Crippen molar-refractivity contribution in [3.8, 4) is 11.3 Å². The molecule has 5 nitrogen and oxygen atoms in total. The highest BCUT2D eigenvalue weighted by atomic mass is 32.1. The number of fused-ring (bicyclic) bond motifs is 1. The average Bonchev–Trinajstić information content (AvgIpc) is 3.22. The van der Waals surface area contributed by atoms with Crippen molar-refractivity contribution in [2.45, 2.75) is 26.9 Å². The minimum absolute atomic E-state index is 0.0447. The van der Waals surface area contributed by atoms with Gasteiger partial charge in [0.15, 0.2) is 5.13 Å². The number of carbonyl (C=O) groups excluding carboxylic acids is 1. The Morgan fingerprint density at radius 3 is 2.85 bits per heavy atom. The molecule has 0 saturated carbocycles. The summed E-state index contributed by atoms with van der Waals surface area (Å²) in [6.07, 6.45) is 0.342. The van der Waals surface area contributed by atoms with Gasteiger partial charge in [-0.15, -0.1) is 22.7 Å². The molecule has 1 aliphatic rings. The fourth-order valence-electron chi connectivity index (χ4n) is 3.15. The van der Waals surface area contributed by atoms with Gasteiger partial charge in [0.05, 0.1) is 23.7 Å². The molecule has 4 rings (SSSR count). The number of aryl methyl sites for hydroxylation is 2. The van der Waals surface area contributed by atoms with E-state index in [1.807, 2.05) is 24.6 Å². The number of hydrogen-bond donors (Lipinski definition) is 1. The summed E-state index contributed by atoms with van der Waals surface area (Å²) < 4.78 is 5.61. The molecule has 0 atom stereocenters. The molecule has 0 bridgehead atoms. The van der Waals surface area contributed by atoms with Gasteiger partial charge in [0.25, 0.3) is 0 Å². The van der Waals surface area contributed by atoms with E-state index in [1.54, 1.807) is 11.3 Å². The highest BCUT2D eigenvalue weighted by molar-refractivity contribution is 7.16. The smallest absolute Gasteiger partial charge is 0.230 e. The molecule has 0 aliphatic carbocycles. The van der Waals surface area contributed by atoms with E-state index in [9.17, 15) is 4.79 Å². The molecule has 0 unspecified atom stereocenters. The maximum atomic E-state index is 12.6. The third-order valence-electron chi connectivity index (χ3n) is 4.61. The second-order valence-electron chi connectivity index (χ2n) is 6.72. The van der Waals surface area contributed by atoms with Crippen molar-refractivity contribution in [1.82, 2.24) is 4.98 Å². The molecule has 0 spiro atoms. The van der Waals surface area contributed by atoms with Crippen LogP contribution in [0.2, 0.25) is 0 Å². The van der Waals surface area contributed by atoms with Crippen molar-refractivity contribution in [3.63, 3.8) is 0 Å². The minimum Gasteiger partial charge on any atom is -0.356 e. The zero-order valence-corrected chi connectivity index (χ0v) is 17.2. The van der Waals surface area contributed by atoms with Crippen LogP contribution in [0.15, 0.2) is 29.6 Å². The molecule has 7 heteroatoms. The maximum Gasteiger partial charge on any atom is 0.230 e. The number of nitrogens with one attached hydrogen (secondary N) is 1. The average molecular weight is 400 g/mol. The summed E-state index contributed by atoms with van der Waals surface area (Å²) in [5.41, 5.74) is 5.37. The topological polar surface area (TPSA) is 54.5 Å². The Balaban J connectivity index is 1.47. The number of anilines is 2. The van der Waals surface area contributed by atoms with Crippen LogP contribution < -0.4 is 10.2 Å². The molecule has 2 aromatic heterocycles. The largest absolute Gasteiger partial charge is 0.356 e. The van der Waals surface area contributed by atoms with E-state index in [2.05, 4.69) is 41.2 Å². The highest BCUT2D eigenvalue weighted by Crippen LogP contribution is 2.38. The van der Waals surface area contributed by atoms with E-state index in [4.69, 9.17) is 4.74 Å². The SMILES string of the molecule is Cc1ccc(-c2csc(NC(=O)Cc3c(C)sc4c3COCN4C)n2)cc1. The third kappa shape index (κ3) is 3.76. The van der Waals surface area contributed by atoms with E-state index in [0.29, 0.717) is 24.9 Å². The molecule has 1 amide bonds. The lowest BCUT2D eigenvalue weighted by atomic mass is 10.1. The van der Waals surface area contributed by atoms with Crippen molar-refractivity contribution in [2.75, 3.05) is 24.0 Å². The zero-order chi connectivity index (χ0) is 19.0. The number of carbonyl (C=O) groups is 1. The Morgan fingerprint density at radius 2 is 2.07 bits per heavy atom. The van der Waals surface area contributed by atoms with E-state index in [-0.39, 0.29) is 5.91 Å². The first-order valence-corrected chi connectivity index (χ1v) is 10.4. The molecule has 1 aliphatic heterocycles. The predicted molar refractivity (Wildman–Crippen MR) is 112 cm³/mol. The number of ether oxygens (including phenoxy) is 1. The Kier molecular flexibility index (Phi) is 4.99. The van der Waals surface area contributed by atoms with Crippen molar-refractivity contribution < 1.29 is 9.53 Å². The van der Waals surface area contributed by atoms with Crippen LogP contribution in [-0.2, 0) is 22.6 Å². The van der Waals surface area contributed by atoms with Gasteiger partial charge in [-0.05, 0) is 19.4 Å². The Hall–Kier alpha value is -2.22. The minimum atomic E-state index is -0.0447. The number of aromatic nitrogens is 1. The van der Waals surface area contributed by atoms with Gasteiger partial charge in [-0.1, -0.05) is 29.8 Å². The summed E-state index contributed by atoms with van der Waals surface area (Å²) in [4.78, 5) is 20.4. The first kappa shape index (κ1) is 18.2. The van der Waals surface area contributed by atoms with Crippen molar-refractivity contribution >= 4 is 38.7 Å². The highest BCUT2D eigenvalue weighted by Gasteiger charge is 2.24. The molecule has 27 heavy (non-hydrogen) atoms. The molecule has 3 aromatic rings. The Morgan fingerprint density at radius 1 is 1.30 bits per heavy atom. The first-order valence-electron chi connectivity index (χ1n) is 8.73. The monoisotopic (exact) mass is 399 g/mol. The molecule has 0 radical (unpaired) electrons. The normalized spacial score (nSPS) is 13.5. The van der Waals surface area contributed by atoms with Gasteiger partial charge in [-0.25, -0.2) is 4.98 Å². The lowest BCUT2D eigenvalue weighted by Gasteiger charge is -2.24. The molecule has 3 heterocycles. The summed E-state index contributed by atoms with van der Waals surface area (Å²) in [6.45, 7) is 5.30. The number of thiophene rings is 1. The van der Waals surface area contributed by atoms with E-state index in [0.717, 1.165) is 22.4 Å². The van der Waals surface area contributed by atoms with Crippen molar-refractivity contribution in [1.29, 1.82) is 0 Å². The molecule has 1 aromatic carbocycles. The third-order valence-corrected chi connectivity index (χ3v) is 6.67. The van der Waals surface area contributed by atoms with Gasteiger partial charge in [-0.3, -0.25) is 4.79 Å². The standard InChI is InChI=1S/C20H21N3O2S2/c1-12-4-6-14(7-5-12)17-10-26-20(21-17)22-18(24)8-15-13(2)27-19-16(15)9-25-11-23(19)3/h4-7,10H,8-9,11H2,1-3H3,(H,21,22,24). The van der Waals surface area contributed by atoms with Gasteiger partial charge in [-0.2, -0.15) is 0 Å². The number of benzene rings is 1. The van der Waals surface area contributed by atoms with Crippen LogP contribution in [0.3, 0.4) is 0 Å². The van der Waals surface area contributed by atoms with Crippen LogP contribution >= 0.6 is 22.7 Å². The number of amides is 1. The Bertz CT molecular complexity index is 976.